The number of aryl methyl sites for hydroxylation is 1. The molecule has 0 amide bonds. The SMILES string of the molecule is Cc1cnccc1CN(C)c1ncc(S(C)(=O)=O)c(C2CCCNC2)n1. The van der Waals surface area contributed by atoms with Crippen LogP contribution in [0.15, 0.2) is 29.6 Å². The minimum atomic E-state index is -3.37. The highest BCUT2D eigenvalue weighted by atomic mass is 32.2. The fraction of sp³-hybridized carbons (Fsp3) is 0.500. The molecule has 3 rings (SSSR count). The maximum atomic E-state index is 12.2. The lowest BCUT2D eigenvalue weighted by molar-refractivity contribution is 0.447. The summed E-state index contributed by atoms with van der Waals surface area (Å²) in [6.45, 7) is 4.36. The molecule has 7 nitrogen and oxygen atoms in total. The molecule has 0 aliphatic carbocycles. The molecule has 3 heterocycles. The molecule has 0 bridgehead atoms. The third-order valence-corrected chi connectivity index (χ3v) is 5.85. The van der Waals surface area contributed by atoms with Crippen LogP contribution in [0.3, 0.4) is 0 Å². The summed E-state index contributed by atoms with van der Waals surface area (Å²) < 4.78 is 24.4. The second-order valence-corrected chi connectivity index (χ2v) is 8.88. The van der Waals surface area contributed by atoms with Gasteiger partial charge in [0.15, 0.2) is 9.84 Å². The zero-order chi connectivity index (χ0) is 18.7. The lowest BCUT2D eigenvalue weighted by Crippen LogP contribution is -2.30. The van der Waals surface area contributed by atoms with E-state index in [1.54, 1.807) is 6.20 Å². The number of pyridine rings is 1. The van der Waals surface area contributed by atoms with Crippen molar-refractivity contribution in [1.29, 1.82) is 0 Å². The van der Waals surface area contributed by atoms with Gasteiger partial charge in [-0.2, -0.15) is 0 Å². The number of hydrogen-bond donors (Lipinski definition) is 1. The number of anilines is 1. The third-order valence-electron chi connectivity index (χ3n) is 4.74. The van der Waals surface area contributed by atoms with E-state index in [0.717, 1.165) is 37.1 Å². The van der Waals surface area contributed by atoms with E-state index in [1.807, 2.05) is 31.1 Å². The predicted molar refractivity (Wildman–Crippen MR) is 101 cm³/mol. The molecule has 1 atom stereocenters. The maximum absolute atomic E-state index is 12.2. The van der Waals surface area contributed by atoms with Crippen molar-refractivity contribution in [3.63, 3.8) is 0 Å². The van der Waals surface area contributed by atoms with Gasteiger partial charge in [0.25, 0.3) is 0 Å². The number of sulfone groups is 1. The molecular weight excluding hydrogens is 350 g/mol. The van der Waals surface area contributed by atoms with Crippen LogP contribution in [0.2, 0.25) is 0 Å². The van der Waals surface area contributed by atoms with E-state index in [1.165, 1.54) is 12.5 Å². The Morgan fingerprint density at radius 3 is 2.81 bits per heavy atom. The minimum Gasteiger partial charge on any atom is -0.340 e. The predicted octanol–water partition coefficient (Wildman–Crippen LogP) is 1.69. The molecule has 0 spiro atoms. The Kier molecular flexibility index (Phi) is 5.52. The molecule has 1 fully saturated rings. The Balaban J connectivity index is 1.94. The molecule has 1 saturated heterocycles. The number of nitrogens with zero attached hydrogens (tertiary/aromatic N) is 4. The summed E-state index contributed by atoms with van der Waals surface area (Å²) in [6.07, 6.45) is 8.21. The van der Waals surface area contributed by atoms with Gasteiger partial charge in [-0.25, -0.2) is 18.4 Å². The molecule has 8 heteroatoms. The Morgan fingerprint density at radius 2 is 2.15 bits per heavy atom. The standard InChI is InChI=1S/C18H25N5O2S/c1-13-9-20-8-6-15(13)12-23(2)18-21-11-16(26(3,24)25)17(22-18)14-5-4-7-19-10-14/h6,8-9,11,14,19H,4-5,7,10,12H2,1-3H3. The number of hydrogen-bond acceptors (Lipinski definition) is 7. The van der Waals surface area contributed by atoms with Crippen molar-refractivity contribution < 1.29 is 8.42 Å². The van der Waals surface area contributed by atoms with Crippen LogP contribution in [0.5, 0.6) is 0 Å². The van der Waals surface area contributed by atoms with E-state index < -0.39 is 9.84 Å². The average molecular weight is 375 g/mol. The van der Waals surface area contributed by atoms with Gasteiger partial charge in [-0.3, -0.25) is 4.98 Å². The van der Waals surface area contributed by atoms with Crippen LogP contribution >= 0.6 is 0 Å². The molecule has 0 radical (unpaired) electrons. The topological polar surface area (TPSA) is 88.1 Å². The average Bonchev–Trinajstić information content (AvgIpc) is 2.63. The van der Waals surface area contributed by atoms with Crippen LogP contribution in [0.4, 0.5) is 5.95 Å². The number of rotatable bonds is 5. The number of piperidine rings is 1. The van der Waals surface area contributed by atoms with E-state index in [-0.39, 0.29) is 10.8 Å². The van der Waals surface area contributed by atoms with Crippen LogP contribution in [0, 0.1) is 6.92 Å². The zero-order valence-electron chi connectivity index (χ0n) is 15.4. The Morgan fingerprint density at radius 1 is 1.35 bits per heavy atom. The molecule has 1 aliphatic rings. The highest BCUT2D eigenvalue weighted by Crippen LogP contribution is 2.28. The smallest absolute Gasteiger partial charge is 0.225 e. The summed E-state index contributed by atoms with van der Waals surface area (Å²) >= 11 is 0. The first kappa shape index (κ1) is 18.7. The highest BCUT2D eigenvalue weighted by molar-refractivity contribution is 7.90. The van der Waals surface area contributed by atoms with Gasteiger partial charge in [0.1, 0.15) is 4.90 Å². The molecule has 0 saturated carbocycles. The van der Waals surface area contributed by atoms with Crippen molar-refractivity contribution in [2.75, 3.05) is 31.3 Å². The van der Waals surface area contributed by atoms with Crippen molar-refractivity contribution >= 4 is 15.8 Å². The fourth-order valence-corrected chi connectivity index (χ4v) is 4.06. The summed E-state index contributed by atoms with van der Waals surface area (Å²) in [7, 11) is -1.46. The highest BCUT2D eigenvalue weighted by Gasteiger charge is 2.26. The molecule has 2 aromatic rings. The second kappa shape index (κ2) is 7.67. The monoisotopic (exact) mass is 375 g/mol. The van der Waals surface area contributed by atoms with Gasteiger partial charge in [0.2, 0.25) is 5.95 Å². The van der Waals surface area contributed by atoms with Gasteiger partial charge in [-0.05, 0) is 43.5 Å². The Bertz CT molecular complexity index is 879. The van der Waals surface area contributed by atoms with Crippen LogP contribution in [0.1, 0.15) is 35.6 Å². The summed E-state index contributed by atoms with van der Waals surface area (Å²) in [4.78, 5) is 15.3. The van der Waals surface area contributed by atoms with Crippen LogP contribution in [0.25, 0.3) is 0 Å². The van der Waals surface area contributed by atoms with Crippen molar-refractivity contribution in [2.24, 2.45) is 0 Å². The van der Waals surface area contributed by atoms with E-state index in [0.29, 0.717) is 18.2 Å². The quantitative estimate of drug-likeness (QED) is 0.851. The molecule has 1 aliphatic heterocycles. The number of aromatic nitrogens is 3. The molecule has 26 heavy (non-hydrogen) atoms. The third kappa shape index (κ3) is 4.19. The van der Waals surface area contributed by atoms with Crippen molar-refractivity contribution in [3.05, 3.63) is 41.5 Å². The first-order chi connectivity index (χ1) is 12.4. The molecule has 1 N–H and O–H groups in total. The molecule has 140 valence electrons. The fourth-order valence-electron chi connectivity index (χ4n) is 3.23. The zero-order valence-corrected chi connectivity index (χ0v) is 16.3. The largest absolute Gasteiger partial charge is 0.340 e. The lowest BCUT2D eigenvalue weighted by Gasteiger charge is -2.25. The van der Waals surface area contributed by atoms with E-state index in [2.05, 4.69) is 20.3 Å². The van der Waals surface area contributed by atoms with Gasteiger partial charge in [0, 0.05) is 44.7 Å². The van der Waals surface area contributed by atoms with E-state index in [4.69, 9.17) is 0 Å². The van der Waals surface area contributed by atoms with Crippen molar-refractivity contribution in [2.45, 2.75) is 37.1 Å². The minimum absolute atomic E-state index is 0.0892. The summed E-state index contributed by atoms with van der Waals surface area (Å²) in [5.74, 6) is 0.625. The summed E-state index contributed by atoms with van der Waals surface area (Å²) in [5.41, 5.74) is 2.87. The summed E-state index contributed by atoms with van der Waals surface area (Å²) in [5, 5.41) is 3.33. The van der Waals surface area contributed by atoms with E-state index in [9.17, 15) is 8.42 Å². The summed E-state index contributed by atoms with van der Waals surface area (Å²) in [6, 6.07) is 1.97. The first-order valence-corrected chi connectivity index (χ1v) is 10.6. The lowest BCUT2D eigenvalue weighted by atomic mass is 9.96. The molecular formula is C18H25N5O2S. The normalized spacial score (nSPS) is 17.9. The van der Waals surface area contributed by atoms with Gasteiger partial charge < -0.3 is 10.2 Å². The Hall–Kier alpha value is -2.06. The molecule has 0 aromatic carbocycles. The molecule has 1 unspecified atom stereocenters. The van der Waals surface area contributed by atoms with Gasteiger partial charge in [-0.1, -0.05) is 0 Å². The van der Waals surface area contributed by atoms with Crippen LogP contribution < -0.4 is 10.2 Å². The van der Waals surface area contributed by atoms with Crippen LogP contribution in [-0.2, 0) is 16.4 Å². The van der Waals surface area contributed by atoms with Gasteiger partial charge in [0.05, 0.1) is 11.9 Å². The van der Waals surface area contributed by atoms with E-state index >= 15 is 0 Å². The van der Waals surface area contributed by atoms with Gasteiger partial charge >= 0.3 is 0 Å². The maximum Gasteiger partial charge on any atom is 0.225 e. The van der Waals surface area contributed by atoms with Gasteiger partial charge in [-0.15, -0.1) is 0 Å². The van der Waals surface area contributed by atoms with Crippen LogP contribution in [-0.4, -0.2) is 49.8 Å². The Labute approximate surface area is 154 Å². The van der Waals surface area contributed by atoms with Crippen molar-refractivity contribution in [1.82, 2.24) is 20.3 Å². The molecule has 2 aromatic heterocycles. The van der Waals surface area contributed by atoms with Crippen molar-refractivity contribution in [3.8, 4) is 0 Å². The first-order valence-electron chi connectivity index (χ1n) is 8.74. The second-order valence-electron chi connectivity index (χ2n) is 6.89. The number of nitrogens with one attached hydrogen (secondary N) is 1.